The van der Waals surface area contributed by atoms with Gasteiger partial charge in [-0.1, -0.05) is 6.92 Å². The fraction of sp³-hybridized carbons (Fsp3) is 0.438. The molecule has 148 valence electrons. The molecule has 11 heteroatoms. The van der Waals surface area contributed by atoms with Gasteiger partial charge in [0.05, 0.1) is 24.3 Å². The van der Waals surface area contributed by atoms with Crippen molar-refractivity contribution in [2.75, 3.05) is 7.11 Å². The molecule has 0 heterocycles. The molecule has 5 nitrogen and oxygen atoms in total. The quantitative estimate of drug-likeness (QED) is 0.610. The standard InChI is InChI=1S/C16H14F6N2O3/c1-8(3-4-23)12(14(26)27-2)24-13(25)9-5-10(15(17,18)19)7-11(6-9)16(20,21)22/h5-8,12H,3H2,1-2H3,(H,24,25)/t8-,12-/m1/s1. The molecular formula is C16H14F6N2O3. The summed E-state index contributed by atoms with van der Waals surface area (Å²) in [5.41, 5.74) is -4.26. The van der Waals surface area contributed by atoms with E-state index in [1.54, 1.807) is 6.07 Å². The minimum absolute atomic E-state index is 0.118. The number of amides is 1. The number of ether oxygens (including phenoxy) is 1. The lowest BCUT2D eigenvalue weighted by Gasteiger charge is -2.21. The van der Waals surface area contributed by atoms with E-state index in [1.807, 2.05) is 5.32 Å². The van der Waals surface area contributed by atoms with Crippen LogP contribution in [0.25, 0.3) is 0 Å². The molecule has 0 aliphatic rings. The van der Waals surface area contributed by atoms with Crippen molar-refractivity contribution in [3.63, 3.8) is 0 Å². The number of nitrogens with one attached hydrogen (secondary N) is 1. The van der Waals surface area contributed by atoms with Crippen LogP contribution in [-0.4, -0.2) is 25.0 Å². The van der Waals surface area contributed by atoms with E-state index < -0.39 is 52.9 Å². The minimum atomic E-state index is -5.12. The summed E-state index contributed by atoms with van der Waals surface area (Å²) in [6.45, 7) is 1.39. The van der Waals surface area contributed by atoms with Gasteiger partial charge in [-0.05, 0) is 18.2 Å². The summed E-state index contributed by atoms with van der Waals surface area (Å²) in [4.78, 5) is 23.9. The van der Waals surface area contributed by atoms with E-state index in [-0.39, 0.29) is 24.6 Å². The molecule has 1 N–H and O–H groups in total. The van der Waals surface area contributed by atoms with Crippen molar-refractivity contribution in [2.45, 2.75) is 31.7 Å². The van der Waals surface area contributed by atoms with Gasteiger partial charge in [-0.25, -0.2) is 4.79 Å². The van der Waals surface area contributed by atoms with Crippen LogP contribution in [0.5, 0.6) is 0 Å². The summed E-state index contributed by atoms with van der Waals surface area (Å²) in [6.07, 6.45) is -10.4. The maximum atomic E-state index is 12.9. The first-order valence-corrected chi connectivity index (χ1v) is 7.36. The summed E-state index contributed by atoms with van der Waals surface area (Å²) < 4.78 is 81.6. The van der Waals surface area contributed by atoms with Crippen molar-refractivity contribution in [1.29, 1.82) is 5.26 Å². The number of hydrogen-bond donors (Lipinski definition) is 1. The SMILES string of the molecule is COC(=O)[C@H](NC(=O)c1cc(C(F)(F)F)cc(C(F)(F)F)c1)[C@H](C)CC#N. The Morgan fingerprint density at radius 2 is 1.59 bits per heavy atom. The number of carbonyl (C=O) groups excluding carboxylic acids is 2. The second-order valence-corrected chi connectivity index (χ2v) is 5.61. The Morgan fingerprint density at radius 1 is 1.11 bits per heavy atom. The molecule has 1 rings (SSSR count). The van der Waals surface area contributed by atoms with Crippen LogP contribution >= 0.6 is 0 Å². The highest BCUT2D eigenvalue weighted by Crippen LogP contribution is 2.36. The number of carbonyl (C=O) groups is 2. The number of hydrogen-bond acceptors (Lipinski definition) is 4. The number of benzene rings is 1. The minimum Gasteiger partial charge on any atom is -0.467 e. The molecule has 1 amide bonds. The molecule has 0 saturated heterocycles. The molecular weight excluding hydrogens is 382 g/mol. The Kier molecular flexibility index (Phi) is 6.83. The average molecular weight is 396 g/mol. The van der Waals surface area contributed by atoms with Crippen molar-refractivity contribution in [1.82, 2.24) is 5.32 Å². The third-order valence-electron chi connectivity index (χ3n) is 3.57. The van der Waals surface area contributed by atoms with Crippen LogP contribution in [0.1, 0.15) is 34.8 Å². The lowest BCUT2D eigenvalue weighted by atomic mass is 9.98. The van der Waals surface area contributed by atoms with E-state index in [0.717, 1.165) is 7.11 Å². The van der Waals surface area contributed by atoms with Crippen LogP contribution < -0.4 is 5.32 Å². The third kappa shape index (κ3) is 5.87. The van der Waals surface area contributed by atoms with Crippen molar-refractivity contribution in [2.24, 2.45) is 5.92 Å². The van der Waals surface area contributed by atoms with Crippen molar-refractivity contribution in [3.8, 4) is 6.07 Å². The highest BCUT2D eigenvalue weighted by atomic mass is 19.4. The van der Waals surface area contributed by atoms with E-state index in [9.17, 15) is 35.9 Å². The van der Waals surface area contributed by atoms with Gasteiger partial charge in [-0.2, -0.15) is 31.6 Å². The fourth-order valence-electron chi connectivity index (χ4n) is 2.13. The summed E-state index contributed by atoms with van der Waals surface area (Å²) in [7, 11) is 0.979. The lowest BCUT2D eigenvalue weighted by Crippen LogP contribution is -2.45. The first kappa shape index (κ1) is 22.3. The molecule has 0 aliphatic carbocycles. The number of halogens is 6. The number of rotatable bonds is 5. The second-order valence-electron chi connectivity index (χ2n) is 5.61. The molecule has 1 aromatic rings. The Balaban J connectivity index is 3.32. The van der Waals surface area contributed by atoms with Crippen LogP contribution in [0.2, 0.25) is 0 Å². The number of esters is 1. The van der Waals surface area contributed by atoms with Gasteiger partial charge in [0.2, 0.25) is 0 Å². The monoisotopic (exact) mass is 396 g/mol. The smallest absolute Gasteiger partial charge is 0.416 e. The molecule has 2 atom stereocenters. The van der Waals surface area contributed by atoms with Crippen molar-refractivity contribution >= 4 is 11.9 Å². The Morgan fingerprint density at radius 3 is 1.96 bits per heavy atom. The van der Waals surface area contributed by atoms with Crippen LogP contribution in [0.4, 0.5) is 26.3 Å². The largest absolute Gasteiger partial charge is 0.467 e. The number of alkyl halides is 6. The first-order chi connectivity index (χ1) is 12.3. The highest BCUT2D eigenvalue weighted by Gasteiger charge is 2.38. The number of nitriles is 1. The first-order valence-electron chi connectivity index (χ1n) is 7.36. The lowest BCUT2D eigenvalue weighted by molar-refractivity contribution is -0.145. The van der Waals surface area contributed by atoms with Crippen LogP contribution in [0, 0.1) is 17.2 Å². The van der Waals surface area contributed by atoms with E-state index in [2.05, 4.69) is 4.74 Å². The van der Waals surface area contributed by atoms with Gasteiger partial charge in [-0.15, -0.1) is 0 Å². The maximum absolute atomic E-state index is 12.9. The summed E-state index contributed by atoms with van der Waals surface area (Å²) in [6, 6.07) is 0.686. The van der Waals surface area contributed by atoms with Gasteiger partial charge >= 0.3 is 18.3 Å². The van der Waals surface area contributed by atoms with Gasteiger partial charge in [0.25, 0.3) is 5.91 Å². The van der Waals surface area contributed by atoms with Crippen LogP contribution in [-0.2, 0) is 21.9 Å². The third-order valence-corrected chi connectivity index (χ3v) is 3.57. The zero-order chi connectivity index (χ0) is 21.0. The normalized spacial score (nSPS) is 14.0. The predicted molar refractivity (Wildman–Crippen MR) is 79.1 cm³/mol. The van der Waals surface area contributed by atoms with Crippen LogP contribution in [0.15, 0.2) is 18.2 Å². The average Bonchev–Trinajstić information content (AvgIpc) is 2.56. The topological polar surface area (TPSA) is 79.2 Å². The van der Waals surface area contributed by atoms with E-state index in [4.69, 9.17) is 5.26 Å². The van der Waals surface area contributed by atoms with E-state index in [0.29, 0.717) is 0 Å². The van der Waals surface area contributed by atoms with Gasteiger partial charge in [-0.3, -0.25) is 4.79 Å². The Bertz CT molecular complexity index is 720. The Hall–Kier alpha value is -2.77. The molecule has 0 bridgehead atoms. The number of nitrogens with zero attached hydrogens (tertiary/aromatic N) is 1. The van der Waals surface area contributed by atoms with Crippen molar-refractivity contribution in [3.05, 3.63) is 34.9 Å². The maximum Gasteiger partial charge on any atom is 0.416 e. The molecule has 0 aromatic heterocycles. The van der Waals surface area contributed by atoms with Gasteiger partial charge in [0, 0.05) is 17.9 Å². The Labute approximate surface area is 149 Å². The summed E-state index contributed by atoms with van der Waals surface area (Å²) in [5, 5.41) is 10.7. The zero-order valence-corrected chi connectivity index (χ0v) is 14.0. The second kappa shape index (κ2) is 8.28. The zero-order valence-electron chi connectivity index (χ0n) is 14.0. The fourth-order valence-corrected chi connectivity index (χ4v) is 2.13. The number of methoxy groups -OCH3 is 1. The van der Waals surface area contributed by atoms with E-state index in [1.165, 1.54) is 6.92 Å². The van der Waals surface area contributed by atoms with Gasteiger partial charge < -0.3 is 10.1 Å². The highest BCUT2D eigenvalue weighted by molar-refractivity contribution is 5.97. The summed E-state index contributed by atoms with van der Waals surface area (Å²) >= 11 is 0. The molecule has 0 saturated carbocycles. The molecule has 0 radical (unpaired) electrons. The molecule has 27 heavy (non-hydrogen) atoms. The van der Waals surface area contributed by atoms with E-state index >= 15 is 0 Å². The van der Waals surface area contributed by atoms with Gasteiger partial charge in [0.1, 0.15) is 6.04 Å². The predicted octanol–water partition coefficient (Wildman–Crippen LogP) is 3.55. The van der Waals surface area contributed by atoms with Crippen molar-refractivity contribution < 1.29 is 40.7 Å². The summed E-state index contributed by atoms with van der Waals surface area (Å²) in [5.74, 6) is -3.12. The molecule has 0 spiro atoms. The molecule has 0 fully saturated rings. The van der Waals surface area contributed by atoms with Crippen LogP contribution in [0.3, 0.4) is 0 Å². The van der Waals surface area contributed by atoms with Gasteiger partial charge in [0.15, 0.2) is 0 Å². The molecule has 0 unspecified atom stereocenters. The molecule has 0 aliphatic heterocycles. The molecule has 1 aromatic carbocycles.